The second kappa shape index (κ2) is 13.9. The Hall–Kier alpha value is -8.20. The molecule has 11 aromatic carbocycles. The van der Waals surface area contributed by atoms with Gasteiger partial charge in [-0.3, -0.25) is 0 Å². The van der Waals surface area contributed by atoms with Crippen molar-refractivity contribution in [2.45, 2.75) is 0 Å². The topological polar surface area (TPSA) is 8.17 Å². The summed E-state index contributed by atoms with van der Waals surface area (Å²) in [6.07, 6.45) is 8.70. The minimum absolute atomic E-state index is 0.697. The molecule has 0 fully saturated rings. The third-order valence-corrected chi connectivity index (χ3v) is 13.5. The number of benzene rings is 11. The predicted octanol–water partition coefficient (Wildman–Crippen LogP) is 16.6. The van der Waals surface area contributed by atoms with E-state index in [1.165, 1.54) is 103 Å². The first-order valence-corrected chi connectivity index (χ1v) is 21.8. The highest BCUT2D eigenvalue weighted by molar-refractivity contribution is 6.36. The van der Waals surface area contributed by atoms with Crippen molar-refractivity contribution in [3.05, 3.63) is 231 Å². The number of aromatic nitrogens is 1. The molecule has 0 atom stereocenters. The second-order valence-corrected chi connectivity index (χ2v) is 16.9. The number of rotatable bonds is 3. The highest BCUT2D eigenvalue weighted by Crippen LogP contribution is 2.48. The molecule has 0 spiro atoms. The fourth-order valence-electron chi connectivity index (χ4n) is 10.6. The molecule has 0 N–H and O–H groups in total. The first-order valence-electron chi connectivity index (χ1n) is 21.8. The largest absolute Gasteiger partial charge is 0.337 e. The van der Waals surface area contributed by atoms with Gasteiger partial charge in [0.1, 0.15) is 0 Å². The summed E-state index contributed by atoms with van der Waals surface area (Å²) in [6.45, 7) is 5.39. The van der Waals surface area contributed by atoms with Crippen molar-refractivity contribution in [2.75, 3.05) is 11.4 Å². The van der Waals surface area contributed by atoms with Crippen LogP contribution in [0.2, 0.25) is 0 Å². The van der Waals surface area contributed by atoms with Crippen LogP contribution < -0.4 is 4.90 Å². The number of hydrogen-bond acceptors (Lipinski definition) is 1. The van der Waals surface area contributed by atoms with Crippen LogP contribution in [0.1, 0.15) is 5.56 Å². The Bertz CT molecular complexity index is 3960. The first kappa shape index (κ1) is 35.5. The van der Waals surface area contributed by atoms with Crippen molar-refractivity contribution in [3.8, 4) is 16.8 Å². The van der Waals surface area contributed by atoms with Gasteiger partial charge in [0.2, 0.25) is 0 Å². The molecular weight excluding hydrogens is 761 g/mol. The van der Waals surface area contributed by atoms with Crippen molar-refractivity contribution in [2.24, 2.45) is 0 Å². The maximum absolute atomic E-state index is 4.69. The molecule has 0 saturated heterocycles. The summed E-state index contributed by atoms with van der Waals surface area (Å²) in [5, 5.41) is 17.6. The smallest absolute Gasteiger partial charge is 0.0541 e. The summed E-state index contributed by atoms with van der Waals surface area (Å²) in [7, 11) is 0. The third kappa shape index (κ3) is 5.38. The number of anilines is 2. The molecule has 2 heteroatoms. The Morgan fingerprint density at radius 1 is 0.365 bits per heavy atom. The molecule has 63 heavy (non-hydrogen) atoms. The summed E-state index contributed by atoms with van der Waals surface area (Å²) in [4.78, 5) is 2.51. The molecule has 2 nitrogen and oxygen atoms in total. The van der Waals surface area contributed by atoms with Gasteiger partial charge in [-0.15, -0.1) is 0 Å². The molecule has 0 aliphatic carbocycles. The highest BCUT2D eigenvalue weighted by atomic mass is 15.1. The molecule has 12 aromatic rings. The van der Waals surface area contributed by atoms with Gasteiger partial charge < -0.3 is 9.47 Å². The molecule has 0 bridgehead atoms. The molecule has 13 rings (SSSR count). The predicted molar refractivity (Wildman–Crippen MR) is 272 cm³/mol. The maximum atomic E-state index is 4.69. The summed E-state index contributed by atoms with van der Waals surface area (Å²) in [6, 6.07) is 71.8. The fraction of sp³-hybridized carbons (Fsp3) is 0.0164. The lowest BCUT2D eigenvalue weighted by Crippen LogP contribution is -2.19. The Balaban J connectivity index is 1.04. The Kier molecular flexibility index (Phi) is 7.85. The lowest BCUT2D eigenvalue weighted by atomic mass is 9.88. The van der Waals surface area contributed by atoms with Crippen LogP contribution in [0.5, 0.6) is 0 Å². The van der Waals surface area contributed by atoms with E-state index in [-0.39, 0.29) is 0 Å². The quantitative estimate of drug-likeness (QED) is 0.162. The molecule has 0 saturated carbocycles. The molecule has 1 aliphatic heterocycles. The van der Waals surface area contributed by atoms with Gasteiger partial charge in [0.25, 0.3) is 0 Å². The Labute approximate surface area is 365 Å². The summed E-state index contributed by atoms with van der Waals surface area (Å²) in [5.41, 5.74) is 10.3. The van der Waals surface area contributed by atoms with Crippen LogP contribution in [0.15, 0.2) is 225 Å². The standard InChI is InChI=1S/C61H40N2/c1-39-16-3-2-14-35-62(59-38-54-48-24-9-8-22-46(48)47-23-10-11-26-50(47)61(54)60-45-21-7-5-18-41(45)29-32-51(59)60)55-33-30-42(36-52(39)55)43-31-34-58-53(37-43)49-25-12-13-27-57(49)63(58)56-28-15-19-40-17-4-6-20-44(40)56/h2-34,36-38H,1,35H2/b14-2-,16-3-. The Morgan fingerprint density at radius 3 is 1.79 bits per heavy atom. The van der Waals surface area contributed by atoms with Gasteiger partial charge in [0.15, 0.2) is 0 Å². The van der Waals surface area contributed by atoms with Gasteiger partial charge in [0, 0.05) is 50.4 Å². The molecule has 1 aliphatic rings. The first-order chi connectivity index (χ1) is 31.2. The molecule has 0 unspecified atom stereocenters. The van der Waals surface area contributed by atoms with Crippen LogP contribution in [-0.4, -0.2) is 11.1 Å². The van der Waals surface area contributed by atoms with E-state index >= 15 is 0 Å². The van der Waals surface area contributed by atoms with Crippen molar-refractivity contribution in [3.63, 3.8) is 0 Å². The number of fused-ring (bicyclic) bond motifs is 15. The van der Waals surface area contributed by atoms with Gasteiger partial charge in [-0.1, -0.05) is 183 Å². The van der Waals surface area contributed by atoms with Crippen molar-refractivity contribution in [1.82, 2.24) is 4.57 Å². The summed E-state index contributed by atoms with van der Waals surface area (Å²) in [5.74, 6) is 0. The van der Waals surface area contributed by atoms with Crippen LogP contribution in [-0.2, 0) is 0 Å². The van der Waals surface area contributed by atoms with Crippen molar-refractivity contribution < 1.29 is 0 Å². The van der Waals surface area contributed by atoms with E-state index in [9.17, 15) is 0 Å². The zero-order chi connectivity index (χ0) is 41.6. The molecular formula is C61H40N2. The molecule has 0 radical (unpaired) electrons. The van der Waals surface area contributed by atoms with Crippen LogP contribution in [0, 0.1) is 0 Å². The monoisotopic (exact) mass is 800 g/mol. The minimum atomic E-state index is 0.697. The van der Waals surface area contributed by atoms with Crippen molar-refractivity contribution >= 4 is 103 Å². The second-order valence-electron chi connectivity index (χ2n) is 16.9. The average molecular weight is 801 g/mol. The zero-order valence-corrected chi connectivity index (χ0v) is 34.6. The summed E-state index contributed by atoms with van der Waals surface area (Å²) >= 11 is 0. The Morgan fingerprint density at radius 2 is 0.968 bits per heavy atom. The van der Waals surface area contributed by atoms with Gasteiger partial charge in [-0.25, -0.2) is 0 Å². The van der Waals surface area contributed by atoms with E-state index in [1.54, 1.807) is 0 Å². The van der Waals surface area contributed by atoms with E-state index in [4.69, 9.17) is 6.58 Å². The van der Waals surface area contributed by atoms with E-state index in [0.29, 0.717) is 6.54 Å². The fourth-order valence-corrected chi connectivity index (χ4v) is 10.6. The normalized spacial score (nSPS) is 14.2. The van der Waals surface area contributed by atoms with E-state index in [0.717, 1.165) is 22.4 Å². The summed E-state index contributed by atoms with van der Waals surface area (Å²) < 4.78 is 2.43. The highest BCUT2D eigenvalue weighted by Gasteiger charge is 2.23. The van der Waals surface area contributed by atoms with Crippen LogP contribution in [0.3, 0.4) is 0 Å². The lowest BCUT2D eigenvalue weighted by Gasteiger charge is -2.29. The molecule has 294 valence electrons. The lowest BCUT2D eigenvalue weighted by molar-refractivity contribution is 1.10. The zero-order valence-electron chi connectivity index (χ0n) is 34.6. The molecule has 0 amide bonds. The van der Waals surface area contributed by atoms with E-state index in [2.05, 4.69) is 228 Å². The number of allylic oxidation sites excluding steroid dienone is 4. The van der Waals surface area contributed by atoms with Crippen LogP contribution in [0.4, 0.5) is 11.4 Å². The van der Waals surface area contributed by atoms with E-state index < -0.39 is 0 Å². The number of nitrogens with zero attached hydrogens (tertiary/aromatic N) is 2. The SMILES string of the molecule is C=C1/C=C\C=C/CN(c2cc3c4ccccc4c4ccccc4c3c3c2ccc2ccccc23)c2ccc(-c3ccc4c(c3)c3ccccc3n4-c3cccc4ccccc34)cc21. The van der Waals surface area contributed by atoms with Crippen LogP contribution >= 0.6 is 0 Å². The molecule has 2 heterocycles. The maximum Gasteiger partial charge on any atom is 0.0541 e. The average Bonchev–Trinajstić information content (AvgIpc) is 3.70. The third-order valence-electron chi connectivity index (χ3n) is 13.5. The molecule has 1 aromatic heterocycles. The van der Waals surface area contributed by atoms with Gasteiger partial charge in [-0.2, -0.15) is 0 Å². The van der Waals surface area contributed by atoms with E-state index in [1.807, 2.05) is 0 Å². The number of hydrogen-bond donors (Lipinski definition) is 0. The van der Waals surface area contributed by atoms with Gasteiger partial charge in [-0.05, 0) is 108 Å². The van der Waals surface area contributed by atoms with Crippen LogP contribution in [0.25, 0.3) is 109 Å². The minimum Gasteiger partial charge on any atom is -0.337 e. The van der Waals surface area contributed by atoms with Crippen molar-refractivity contribution in [1.29, 1.82) is 0 Å². The van der Waals surface area contributed by atoms with Gasteiger partial charge >= 0.3 is 0 Å². The number of para-hydroxylation sites is 1. The van der Waals surface area contributed by atoms with Gasteiger partial charge in [0.05, 0.1) is 16.7 Å².